The second-order valence-corrected chi connectivity index (χ2v) is 6.09. The molecule has 0 spiro atoms. The molecule has 0 aromatic heterocycles. The third-order valence-corrected chi connectivity index (χ3v) is 4.14. The predicted octanol–water partition coefficient (Wildman–Crippen LogP) is 2.33. The molecule has 1 aliphatic rings. The number of halogens is 3. The van der Waals surface area contributed by atoms with Crippen molar-refractivity contribution in [2.75, 3.05) is 13.1 Å². The van der Waals surface area contributed by atoms with E-state index in [0.717, 1.165) is 5.56 Å². The zero-order chi connectivity index (χ0) is 17.7. The molecule has 7 heteroatoms. The van der Waals surface area contributed by atoms with Crippen LogP contribution in [0.2, 0.25) is 0 Å². The van der Waals surface area contributed by atoms with E-state index in [1.807, 2.05) is 37.3 Å². The van der Waals surface area contributed by atoms with E-state index < -0.39 is 18.1 Å². The van der Waals surface area contributed by atoms with Crippen LogP contribution in [0.5, 0.6) is 0 Å². The molecular formula is C17H21F3N2O2. The first-order chi connectivity index (χ1) is 11.3. The van der Waals surface area contributed by atoms with Crippen LogP contribution in [-0.4, -0.2) is 47.9 Å². The van der Waals surface area contributed by atoms with Crippen LogP contribution in [0.1, 0.15) is 25.3 Å². The van der Waals surface area contributed by atoms with Crippen molar-refractivity contribution in [1.29, 1.82) is 0 Å². The molecule has 1 aromatic rings. The summed E-state index contributed by atoms with van der Waals surface area (Å²) in [5, 5.41) is 3.04. The average molecular weight is 342 g/mol. The minimum atomic E-state index is -4.93. The van der Waals surface area contributed by atoms with Crippen molar-refractivity contribution in [1.82, 2.24) is 10.2 Å². The minimum Gasteiger partial charge on any atom is -0.325 e. The van der Waals surface area contributed by atoms with Crippen LogP contribution >= 0.6 is 0 Å². The molecule has 1 N–H and O–H groups in total. The van der Waals surface area contributed by atoms with Crippen LogP contribution in [0.15, 0.2) is 30.3 Å². The average Bonchev–Trinajstić information content (AvgIpc) is 3.01. The summed E-state index contributed by atoms with van der Waals surface area (Å²) in [4.78, 5) is 24.3. The fourth-order valence-electron chi connectivity index (χ4n) is 2.94. The van der Waals surface area contributed by atoms with Gasteiger partial charge in [0.15, 0.2) is 5.78 Å². The number of benzene rings is 1. The number of ketones is 1. The zero-order valence-electron chi connectivity index (χ0n) is 13.5. The smallest absolute Gasteiger partial charge is 0.325 e. The molecule has 1 amide bonds. The monoisotopic (exact) mass is 342 g/mol. The lowest BCUT2D eigenvalue weighted by Crippen LogP contribution is -2.49. The summed E-state index contributed by atoms with van der Waals surface area (Å²) in [5.41, 5.74) is 1.11. The van der Waals surface area contributed by atoms with Crippen LogP contribution in [0, 0.1) is 0 Å². The van der Waals surface area contributed by atoms with E-state index >= 15 is 0 Å². The Morgan fingerprint density at radius 3 is 2.58 bits per heavy atom. The highest BCUT2D eigenvalue weighted by Crippen LogP contribution is 2.26. The van der Waals surface area contributed by atoms with Gasteiger partial charge < -0.3 is 10.2 Å². The first-order valence-corrected chi connectivity index (χ1v) is 7.97. The van der Waals surface area contributed by atoms with Crippen molar-refractivity contribution in [2.45, 2.75) is 44.4 Å². The van der Waals surface area contributed by atoms with Crippen LogP contribution in [0.3, 0.4) is 0 Å². The molecule has 4 nitrogen and oxygen atoms in total. The highest BCUT2D eigenvalue weighted by Gasteiger charge is 2.47. The first-order valence-electron chi connectivity index (χ1n) is 7.97. The normalized spacial score (nSPS) is 19.3. The molecular weight excluding hydrogens is 321 g/mol. The second-order valence-electron chi connectivity index (χ2n) is 6.09. The number of rotatable bonds is 6. The summed E-state index contributed by atoms with van der Waals surface area (Å²) in [6.45, 7) is 1.85. The van der Waals surface area contributed by atoms with E-state index in [1.165, 1.54) is 0 Å². The van der Waals surface area contributed by atoms with Crippen molar-refractivity contribution in [3.05, 3.63) is 35.9 Å². The maximum Gasteiger partial charge on any atom is 0.471 e. The van der Waals surface area contributed by atoms with E-state index in [9.17, 15) is 22.8 Å². The maximum atomic E-state index is 12.6. The van der Waals surface area contributed by atoms with Crippen molar-refractivity contribution >= 4 is 11.7 Å². The van der Waals surface area contributed by atoms with Gasteiger partial charge in [0.05, 0.1) is 12.6 Å². The second kappa shape index (κ2) is 7.79. The molecule has 1 saturated heterocycles. The van der Waals surface area contributed by atoms with Gasteiger partial charge in [-0.1, -0.05) is 30.3 Å². The summed E-state index contributed by atoms with van der Waals surface area (Å²) < 4.78 is 37.7. The standard InChI is InChI=1S/C17H21F3N2O2/c1-12(10-13-6-3-2-4-7-13)21-11-15(23)14-8-5-9-22(14)16(24)17(18,19)20/h2-4,6-7,12,14,21H,5,8-11H2,1H3/t12-,14+/m0/s1. The number of nitrogens with zero attached hydrogens (tertiary/aromatic N) is 1. The van der Waals surface area contributed by atoms with E-state index in [1.54, 1.807) is 0 Å². The lowest BCUT2D eigenvalue weighted by Gasteiger charge is -2.25. The molecule has 1 aromatic carbocycles. The Morgan fingerprint density at radius 2 is 1.96 bits per heavy atom. The Labute approximate surface area is 139 Å². The molecule has 1 aliphatic heterocycles. The number of Topliss-reactive ketones (excluding diaryl/α,β-unsaturated/α-hetero) is 1. The SMILES string of the molecule is C[C@@H](Cc1ccccc1)NCC(=O)[C@H]1CCCN1C(=O)C(F)(F)F. The summed E-state index contributed by atoms with van der Waals surface area (Å²) in [7, 11) is 0. The zero-order valence-corrected chi connectivity index (χ0v) is 13.5. The molecule has 0 bridgehead atoms. The van der Waals surface area contributed by atoms with E-state index in [2.05, 4.69) is 5.32 Å². The van der Waals surface area contributed by atoms with Gasteiger partial charge in [0.25, 0.3) is 0 Å². The number of carbonyl (C=O) groups excluding carboxylic acids is 2. The van der Waals surface area contributed by atoms with Gasteiger partial charge in [-0.2, -0.15) is 13.2 Å². The number of nitrogens with one attached hydrogen (secondary N) is 1. The lowest BCUT2D eigenvalue weighted by molar-refractivity contribution is -0.186. The fraction of sp³-hybridized carbons (Fsp3) is 0.529. The number of carbonyl (C=O) groups is 2. The van der Waals surface area contributed by atoms with Crippen molar-refractivity contribution in [3.8, 4) is 0 Å². The molecule has 0 aliphatic carbocycles. The van der Waals surface area contributed by atoms with Crippen molar-refractivity contribution < 1.29 is 22.8 Å². The number of amides is 1. The van der Waals surface area contributed by atoms with Crippen LogP contribution in [-0.2, 0) is 16.0 Å². The molecule has 2 rings (SSSR count). The maximum absolute atomic E-state index is 12.6. The largest absolute Gasteiger partial charge is 0.471 e. The molecule has 0 unspecified atom stereocenters. The number of hydrogen-bond acceptors (Lipinski definition) is 3. The number of alkyl halides is 3. The van der Waals surface area contributed by atoms with Crippen LogP contribution in [0.25, 0.3) is 0 Å². The van der Waals surface area contributed by atoms with Gasteiger partial charge in [0.1, 0.15) is 0 Å². The van der Waals surface area contributed by atoms with Gasteiger partial charge in [0, 0.05) is 12.6 Å². The Bertz CT molecular complexity index is 575. The highest BCUT2D eigenvalue weighted by atomic mass is 19.4. The molecule has 1 heterocycles. The van der Waals surface area contributed by atoms with Gasteiger partial charge in [-0.05, 0) is 31.7 Å². The van der Waals surface area contributed by atoms with E-state index in [4.69, 9.17) is 0 Å². The fourth-order valence-corrected chi connectivity index (χ4v) is 2.94. The summed E-state index contributed by atoms with van der Waals surface area (Å²) in [6.07, 6.45) is -3.52. The lowest BCUT2D eigenvalue weighted by atomic mass is 10.1. The molecule has 2 atom stereocenters. The molecule has 0 radical (unpaired) electrons. The summed E-state index contributed by atoms with van der Waals surface area (Å²) >= 11 is 0. The number of likely N-dealkylation sites (tertiary alicyclic amines) is 1. The molecule has 0 saturated carbocycles. The Kier molecular flexibility index (Phi) is 5.99. The Morgan fingerprint density at radius 1 is 1.29 bits per heavy atom. The van der Waals surface area contributed by atoms with Crippen LogP contribution in [0.4, 0.5) is 13.2 Å². The predicted molar refractivity (Wildman–Crippen MR) is 83.4 cm³/mol. The van der Waals surface area contributed by atoms with Gasteiger partial charge in [0.2, 0.25) is 0 Å². The third-order valence-electron chi connectivity index (χ3n) is 4.14. The summed E-state index contributed by atoms with van der Waals surface area (Å²) in [5.74, 6) is -2.29. The Hall–Kier alpha value is -1.89. The van der Waals surface area contributed by atoms with Crippen LogP contribution < -0.4 is 5.32 Å². The Balaban J connectivity index is 1.86. The third kappa shape index (κ3) is 4.80. The molecule has 132 valence electrons. The molecule has 24 heavy (non-hydrogen) atoms. The topological polar surface area (TPSA) is 49.4 Å². The summed E-state index contributed by atoms with van der Waals surface area (Å²) in [6, 6.07) is 8.73. The van der Waals surface area contributed by atoms with Gasteiger partial charge in [-0.15, -0.1) is 0 Å². The van der Waals surface area contributed by atoms with Gasteiger partial charge in [-0.25, -0.2) is 0 Å². The first kappa shape index (κ1) is 18.4. The molecule has 1 fully saturated rings. The van der Waals surface area contributed by atoms with Gasteiger partial charge in [-0.3, -0.25) is 9.59 Å². The number of hydrogen-bond donors (Lipinski definition) is 1. The van der Waals surface area contributed by atoms with Gasteiger partial charge >= 0.3 is 12.1 Å². The minimum absolute atomic E-state index is 0.00419. The quantitative estimate of drug-likeness (QED) is 0.863. The van der Waals surface area contributed by atoms with E-state index in [0.29, 0.717) is 17.7 Å². The van der Waals surface area contributed by atoms with E-state index in [-0.39, 0.29) is 31.3 Å². The van der Waals surface area contributed by atoms with Crippen molar-refractivity contribution in [3.63, 3.8) is 0 Å². The van der Waals surface area contributed by atoms with Crippen molar-refractivity contribution in [2.24, 2.45) is 0 Å². The highest BCUT2D eigenvalue weighted by molar-refractivity contribution is 5.92.